The molecule has 0 fully saturated rings. The SMILES string of the molecule is CCN(CCN)C(=O)c1ccc(F)c(OC)c1. The van der Waals surface area contributed by atoms with Crippen LogP contribution in [0.4, 0.5) is 4.39 Å². The first-order valence-corrected chi connectivity index (χ1v) is 5.46. The van der Waals surface area contributed by atoms with Gasteiger partial charge in [0.15, 0.2) is 11.6 Å². The normalized spacial score (nSPS) is 10.1. The zero-order chi connectivity index (χ0) is 12.8. The summed E-state index contributed by atoms with van der Waals surface area (Å²) >= 11 is 0. The van der Waals surface area contributed by atoms with Crippen LogP contribution >= 0.6 is 0 Å². The van der Waals surface area contributed by atoms with Crippen molar-refractivity contribution in [3.8, 4) is 5.75 Å². The van der Waals surface area contributed by atoms with Crippen LogP contribution in [0.3, 0.4) is 0 Å². The topological polar surface area (TPSA) is 55.6 Å². The van der Waals surface area contributed by atoms with E-state index in [1.54, 1.807) is 4.90 Å². The molecule has 0 aliphatic heterocycles. The van der Waals surface area contributed by atoms with E-state index in [4.69, 9.17) is 10.5 Å². The fourth-order valence-corrected chi connectivity index (χ4v) is 1.53. The van der Waals surface area contributed by atoms with Crippen LogP contribution in [0.25, 0.3) is 0 Å². The molecular formula is C12H17FN2O2. The van der Waals surface area contributed by atoms with Crippen molar-refractivity contribution in [3.05, 3.63) is 29.6 Å². The average Bonchev–Trinajstić information content (AvgIpc) is 2.35. The van der Waals surface area contributed by atoms with Crippen LogP contribution < -0.4 is 10.5 Å². The number of hydrogen-bond acceptors (Lipinski definition) is 3. The fourth-order valence-electron chi connectivity index (χ4n) is 1.53. The van der Waals surface area contributed by atoms with Crippen LogP contribution in [-0.2, 0) is 0 Å². The maximum atomic E-state index is 13.2. The molecule has 94 valence electrons. The van der Waals surface area contributed by atoms with E-state index >= 15 is 0 Å². The molecule has 0 saturated heterocycles. The molecule has 0 radical (unpaired) electrons. The van der Waals surface area contributed by atoms with E-state index < -0.39 is 5.82 Å². The predicted molar refractivity (Wildman–Crippen MR) is 63.6 cm³/mol. The lowest BCUT2D eigenvalue weighted by atomic mass is 10.2. The molecule has 0 unspecified atom stereocenters. The van der Waals surface area contributed by atoms with Crippen LogP contribution in [0.2, 0.25) is 0 Å². The maximum Gasteiger partial charge on any atom is 0.254 e. The van der Waals surface area contributed by atoms with Crippen LogP contribution in [0.1, 0.15) is 17.3 Å². The van der Waals surface area contributed by atoms with Crippen molar-refractivity contribution in [2.24, 2.45) is 5.73 Å². The quantitative estimate of drug-likeness (QED) is 0.842. The number of rotatable bonds is 5. The molecule has 2 N–H and O–H groups in total. The Bertz CT molecular complexity index is 396. The van der Waals surface area contributed by atoms with Crippen molar-refractivity contribution in [2.75, 3.05) is 26.7 Å². The lowest BCUT2D eigenvalue weighted by Gasteiger charge is -2.20. The molecule has 0 heterocycles. The van der Waals surface area contributed by atoms with Gasteiger partial charge in [0, 0.05) is 25.2 Å². The van der Waals surface area contributed by atoms with Crippen LogP contribution in [-0.4, -0.2) is 37.6 Å². The number of likely N-dealkylation sites (N-methyl/N-ethyl adjacent to an activating group) is 1. The number of nitrogens with zero attached hydrogens (tertiary/aromatic N) is 1. The summed E-state index contributed by atoms with van der Waals surface area (Å²) in [6.45, 7) is 3.32. The molecule has 17 heavy (non-hydrogen) atoms. The minimum Gasteiger partial charge on any atom is -0.494 e. The molecule has 4 nitrogen and oxygen atoms in total. The van der Waals surface area contributed by atoms with E-state index in [1.807, 2.05) is 6.92 Å². The predicted octanol–water partition coefficient (Wildman–Crippen LogP) is 1.26. The second-order valence-electron chi connectivity index (χ2n) is 3.52. The number of benzene rings is 1. The van der Waals surface area contributed by atoms with Gasteiger partial charge in [-0.1, -0.05) is 0 Å². The second kappa shape index (κ2) is 6.20. The van der Waals surface area contributed by atoms with Gasteiger partial charge in [0.1, 0.15) is 0 Å². The fraction of sp³-hybridized carbons (Fsp3) is 0.417. The van der Waals surface area contributed by atoms with E-state index in [9.17, 15) is 9.18 Å². The molecule has 0 atom stereocenters. The zero-order valence-corrected chi connectivity index (χ0v) is 10.1. The third-order valence-electron chi connectivity index (χ3n) is 2.47. The first-order chi connectivity index (χ1) is 8.13. The van der Waals surface area contributed by atoms with Gasteiger partial charge in [-0.2, -0.15) is 0 Å². The highest BCUT2D eigenvalue weighted by atomic mass is 19.1. The van der Waals surface area contributed by atoms with Gasteiger partial charge in [-0.25, -0.2) is 4.39 Å². The summed E-state index contributed by atoms with van der Waals surface area (Å²) in [6, 6.07) is 4.07. The number of hydrogen-bond donors (Lipinski definition) is 1. The molecule has 0 spiro atoms. The van der Waals surface area contributed by atoms with Crippen molar-refractivity contribution in [3.63, 3.8) is 0 Å². The van der Waals surface area contributed by atoms with E-state index in [-0.39, 0.29) is 11.7 Å². The molecular weight excluding hydrogens is 223 g/mol. The Hall–Kier alpha value is -1.62. The maximum absolute atomic E-state index is 13.2. The number of ether oxygens (including phenoxy) is 1. The van der Waals surface area contributed by atoms with E-state index in [1.165, 1.54) is 25.3 Å². The summed E-state index contributed by atoms with van der Waals surface area (Å²) in [5.74, 6) is -0.582. The minimum atomic E-state index is -0.481. The summed E-state index contributed by atoms with van der Waals surface area (Å²) in [4.78, 5) is 13.6. The third-order valence-corrected chi connectivity index (χ3v) is 2.47. The Morgan fingerprint density at radius 2 is 2.24 bits per heavy atom. The van der Waals surface area contributed by atoms with Gasteiger partial charge in [0.2, 0.25) is 0 Å². The Morgan fingerprint density at radius 1 is 1.53 bits per heavy atom. The van der Waals surface area contributed by atoms with Crippen molar-refractivity contribution in [1.29, 1.82) is 0 Å². The van der Waals surface area contributed by atoms with Crippen molar-refractivity contribution >= 4 is 5.91 Å². The summed E-state index contributed by atoms with van der Waals surface area (Å²) in [5.41, 5.74) is 5.82. The molecule has 0 bridgehead atoms. The van der Waals surface area contributed by atoms with Crippen LogP contribution in [0.15, 0.2) is 18.2 Å². The highest BCUT2D eigenvalue weighted by Gasteiger charge is 2.15. The number of nitrogens with two attached hydrogens (primary N) is 1. The zero-order valence-electron chi connectivity index (χ0n) is 10.1. The lowest BCUT2D eigenvalue weighted by Crippen LogP contribution is -2.35. The van der Waals surface area contributed by atoms with Gasteiger partial charge in [-0.3, -0.25) is 4.79 Å². The third kappa shape index (κ3) is 3.17. The summed E-state index contributed by atoms with van der Waals surface area (Å²) in [5, 5.41) is 0. The van der Waals surface area contributed by atoms with E-state index in [0.717, 1.165) is 0 Å². The van der Waals surface area contributed by atoms with Gasteiger partial charge in [0.25, 0.3) is 5.91 Å². The largest absolute Gasteiger partial charge is 0.494 e. The van der Waals surface area contributed by atoms with E-state index in [2.05, 4.69) is 0 Å². The van der Waals surface area contributed by atoms with Crippen molar-refractivity contribution in [1.82, 2.24) is 4.90 Å². The first kappa shape index (κ1) is 13.4. The Labute approximate surface area is 100 Å². The Balaban J connectivity index is 2.95. The number of carbonyl (C=O) groups excluding carboxylic acids is 1. The second-order valence-corrected chi connectivity index (χ2v) is 3.52. The minimum absolute atomic E-state index is 0.0691. The first-order valence-electron chi connectivity index (χ1n) is 5.46. The molecule has 5 heteroatoms. The number of methoxy groups -OCH3 is 1. The summed E-state index contributed by atoms with van der Waals surface area (Å²) < 4.78 is 18.0. The van der Waals surface area contributed by atoms with Gasteiger partial charge in [0.05, 0.1) is 7.11 Å². The molecule has 0 aliphatic carbocycles. The standard InChI is InChI=1S/C12H17FN2O2/c1-3-15(7-6-14)12(16)9-4-5-10(13)11(8-9)17-2/h4-5,8H,3,6-7,14H2,1-2H3. The van der Waals surface area contributed by atoms with Crippen LogP contribution in [0.5, 0.6) is 5.75 Å². The highest BCUT2D eigenvalue weighted by molar-refractivity contribution is 5.94. The number of halogens is 1. The molecule has 0 aliphatic rings. The summed E-state index contributed by atoms with van der Waals surface area (Å²) in [6.07, 6.45) is 0. The van der Waals surface area contributed by atoms with Gasteiger partial charge >= 0.3 is 0 Å². The average molecular weight is 240 g/mol. The molecule has 0 saturated carbocycles. The lowest BCUT2D eigenvalue weighted by molar-refractivity contribution is 0.0768. The molecule has 1 aromatic rings. The van der Waals surface area contributed by atoms with E-state index in [0.29, 0.717) is 25.2 Å². The molecule has 1 aromatic carbocycles. The van der Waals surface area contributed by atoms with Gasteiger partial charge in [-0.05, 0) is 25.1 Å². The van der Waals surface area contributed by atoms with Gasteiger partial charge in [-0.15, -0.1) is 0 Å². The number of amides is 1. The number of carbonyl (C=O) groups is 1. The Morgan fingerprint density at radius 3 is 2.76 bits per heavy atom. The molecule has 1 amide bonds. The summed E-state index contributed by atoms with van der Waals surface area (Å²) in [7, 11) is 1.37. The van der Waals surface area contributed by atoms with Crippen LogP contribution in [0, 0.1) is 5.82 Å². The van der Waals surface area contributed by atoms with Crippen molar-refractivity contribution < 1.29 is 13.9 Å². The molecule has 0 aromatic heterocycles. The van der Waals surface area contributed by atoms with Crippen molar-refractivity contribution in [2.45, 2.75) is 6.92 Å². The van der Waals surface area contributed by atoms with Gasteiger partial charge < -0.3 is 15.4 Å². The molecule has 1 rings (SSSR count). The smallest absolute Gasteiger partial charge is 0.254 e. The monoisotopic (exact) mass is 240 g/mol. The Kier molecular flexibility index (Phi) is 4.90. The highest BCUT2D eigenvalue weighted by Crippen LogP contribution is 2.19.